The highest BCUT2D eigenvalue weighted by atomic mass is 35.5. The lowest BCUT2D eigenvalue weighted by molar-refractivity contribution is -0.122. The van der Waals surface area contributed by atoms with Crippen LogP contribution in [0.15, 0.2) is 62.9 Å². The van der Waals surface area contributed by atoms with E-state index in [2.05, 4.69) is 15.3 Å². The summed E-state index contributed by atoms with van der Waals surface area (Å²) in [6, 6.07) is 15.0. The molecule has 2 atom stereocenters. The molecule has 7 heteroatoms. The number of anilines is 1. The first-order valence-electron chi connectivity index (χ1n) is 9.23. The number of para-hydroxylation sites is 2. The SMILES string of the molecule is O=C1CCCC2=NC(Nc3nc4ccccc4o3)=NC(c3ccc(Cl)cc3)C12. The van der Waals surface area contributed by atoms with Crippen molar-refractivity contribution in [3.05, 3.63) is 59.1 Å². The lowest BCUT2D eigenvalue weighted by Gasteiger charge is -2.31. The Hall–Kier alpha value is -2.99. The third-order valence-corrected chi connectivity index (χ3v) is 5.36. The van der Waals surface area contributed by atoms with E-state index in [1.807, 2.05) is 48.5 Å². The van der Waals surface area contributed by atoms with Crippen molar-refractivity contribution in [2.75, 3.05) is 5.32 Å². The van der Waals surface area contributed by atoms with E-state index in [-0.39, 0.29) is 17.7 Å². The van der Waals surface area contributed by atoms with E-state index in [1.54, 1.807) is 0 Å². The Morgan fingerprint density at radius 3 is 2.71 bits per heavy atom. The van der Waals surface area contributed by atoms with E-state index in [4.69, 9.17) is 21.0 Å². The quantitative estimate of drug-likeness (QED) is 0.678. The minimum atomic E-state index is -0.329. The van der Waals surface area contributed by atoms with E-state index >= 15 is 0 Å². The number of nitrogens with zero attached hydrogens (tertiary/aromatic N) is 3. The summed E-state index contributed by atoms with van der Waals surface area (Å²) in [5.41, 5.74) is 3.25. The molecule has 1 fully saturated rings. The standard InChI is InChI=1S/C21H17ClN4O2/c22-13-10-8-12(9-11-13)19-18-15(5-3-6-16(18)27)23-20(25-19)26-21-24-14-4-1-2-7-17(14)28-21/h1-2,4,7-11,18-19H,3,5-6H2,(H,24,25,26). The summed E-state index contributed by atoms with van der Waals surface area (Å²) >= 11 is 6.03. The molecule has 0 saturated heterocycles. The van der Waals surface area contributed by atoms with Gasteiger partial charge in [0.25, 0.3) is 0 Å². The Morgan fingerprint density at radius 1 is 1.07 bits per heavy atom. The van der Waals surface area contributed by atoms with Gasteiger partial charge in [0, 0.05) is 17.2 Å². The second-order valence-electron chi connectivity index (χ2n) is 6.96. The van der Waals surface area contributed by atoms with E-state index in [9.17, 15) is 4.79 Å². The first-order valence-corrected chi connectivity index (χ1v) is 9.61. The van der Waals surface area contributed by atoms with E-state index in [0.717, 1.165) is 29.6 Å². The Balaban J connectivity index is 1.52. The molecule has 6 nitrogen and oxygen atoms in total. The number of aliphatic imine (C=N–C) groups is 2. The number of ketones is 1. The third-order valence-electron chi connectivity index (χ3n) is 5.11. The zero-order valence-electron chi connectivity index (χ0n) is 14.9. The summed E-state index contributed by atoms with van der Waals surface area (Å²) < 4.78 is 5.73. The topological polar surface area (TPSA) is 79.9 Å². The fraction of sp³-hybridized carbons (Fsp3) is 0.238. The first kappa shape index (κ1) is 17.1. The Labute approximate surface area is 166 Å². The van der Waals surface area contributed by atoms with Gasteiger partial charge >= 0.3 is 6.01 Å². The largest absolute Gasteiger partial charge is 0.423 e. The second-order valence-corrected chi connectivity index (χ2v) is 7.40. The monoisotopic (exact) mass is 392 g/mol. The Bertz CT molecular complexity index is 1080. The van der Waals surface area contributed by atoms with Gasteiger partial charge in [0.05, 0.1) is 12.0 Å². The van der Waals surface area contributed by atoms with Gasteiger partial charge in [0.2, 0.25) is 5.96 Å². The molecule has 0 bridgehead atoms. The molecule has 2 unspecified atom stereocenters. The van der Waals surface area contributed by atoms with Crippen LogP contribution in [0.1, 0.15) is 30.9 Å². The number of oxazole rings is 1. The van der Waals surface area contributed by atoms with E-state index in [1.165, 1.54) is 0 Å². The highest BCUT2D eigenvalue weighted by Crippen LogP contribution is 2.37. The number of aromatic nitrogens is 1. The molecule has 28 heavy (non-hydrogen) atoms. The molecule has 2 aliphatic rings. The number of benzene rings is 2. The van der Waals surface area contributed by atoms with Crippen LogP contribution in [0.2, 0.25) is 5.02 Å². The Kier molecular flexibility index (Phi) is 4.20. The van der Waals surface area contributed by atoms with Crippen LogP contribution in [-0.2, 0) is 4.79 Å². The number of fused-ring (bicyclic) bond motifs is 2. The molecule has 140 valence electrons. The van der Waals surface area contributed by atoms with E-state index < -0.39 is 0 Å². The molecular weight excluding hydrogens is 376 g/mol. The molecule has 0 amide bonds. The molecule has 0 radical (unpaired) electrons. The van der Waals surface area contributed by atoms with Crippen molar-refractivity contribution < 1.29 is 9.21 Å². The summed E-state index contributed by atoms with van der Waals surface area (Å²) in [5.74, 6) is 0.283. The van der Waals surface area contributed by atoms with Gasteiger partial charge in [-0.15, -0.1) is 0 Å². The van der Waals surface area contributed by atoms with Crippen LogP contribution >= 0.6 is 11.6 Å². The predicted molar refractivity (Wildman–Crippen MR) is 109 cm³/mol. The maximum Gasteiger partial charge on any atom is 0.302 e. The molecule has 1 aliphatic heterocycles. The number of nitrogens with one attached hydrogen (secondary N) is 1. The molecule has 1 N–H and O–H groups in total. The number of halogens is 1. The van der Waals surface area contributed by atoms with Gasteiger partial charge in [-0.1, -0.05) is 35.9 Å². The lowest BCUT2D eigenvalue weighted by Crippen LogP contribution is -2.37. The number of Topliss-reactive ketones (excluding diaryl/α,β-unsaturated/α-hetero) is 1. The van der Waals surface area contributed by atoms with Gasteiger partial charge in [0.15, 0.2) is 5.58 Å². The fourth-order valence-corrected chi connectivity index (χ4v) is 3.93. The van der Waals surface area contributed by atoms with Gasteiger partial charge in [-0.05, 0) is 42.7 Å². The van der Waals surface area contributed by atoms with Crippen LogP contribution in [0.3, 0.4) is 0 Å². The normalized spacial score (nSPS) is 21.8. The lowest BCUT2D eigenvalue weighted by atomic mass is 9.78. The number of hydrogen-bond donors (Lipinski definition) is 1. The maximum absolute atomic E-state index is 12.6. The summed E-state index contributed by atoms with van der Waals surface area (Å²) in [7, 11) is 0. The average molecular weight is 393 g/mol. The highest BCUT2D eigenvalue weighted by Gasteiger charge is 2.39. The van der Waals surface area contributed by atoms with Crippen molar-refractivity contribution in [1.29, 1.82) is 0 Å². The molecule has 1 aliphatic carbocycles. The van der Waals surface area contributed by atoms with Crippen molar-refractivity contribution in [2.24, 2.45) is 15.9 Å². The van der Waals surface area contributed by atoms with Gasteiger partial charge < -0.3 is 4.42 Å². The molecular formula is C21H17ClN4O2. The molecule has 3 aromatic rings. The van der Waals surface area contributed by atoms with Crippen molar-refractivity contribution in [3.8, 4) is 0 Å². The first-order chi connectivity index (χ1) is 13.7. The van der Waals surface area contributed by atoms with Crippen LogP contribution in [-0.4, -0.2) is 22.4 Å². The zero-order valence-corrected chi connectivity index (χ0v) is 15.7. The minimum absolute atomic E-state index is 0.189. The van der Waals surface area contributed by atoms with Crippen LogP contribution in [0.4, 0.5) is 6.01 Å². The van der Waals surface area contributed by atoms with Crippen LogP contribution in [0.25, 0.3) is 11.1 Å². The zero-order chi connectivity index (χ0) is 19.1. The number of guanidine groups is 1. The summed E-state index contributed by atoms with van der Waals surface area (Å²) in [4.78, 5) is 26.4. The number of carbonyl (C=O) groups excluding carboxylic acids is 1. The van der Waals surface area contributed by atoms with E-state index in [0.29, 0.717) is 29.0 Å². The van der Waals surface area contributed by atoms with Gasteiger partial charge in [0.1, 0.15) is 11.3 Å². The number of rotatable bonds is 2. The molecule has 2 heterocycles. The summed E-state index contributed by atoms with van der Waals surface area (Å²) in [5, 5.41) is 3.73. The van der Waals surface area contributed by atoms with Crippen molar-refractivity contribution >= 4 is 46.2 Å². The second kappa shape index (κ2) is 6.87. The third kappa shape index (κ3) is 3.10. The fourth-order valence-electron chi connectivity index (χ4n) is 3.80. The van der Waals surface area contributed by atoms with Crippen LogP contribution < -0.4 is 5.32 Å². The average Bonchev–Trinajstić information content (AvgIpc) is 3.10. The predicted octanol–water partition coefficient (Wildman–Crippen LogP) is 4.81. The van der Waals surface area contributed by atoms with Crippen LogP contribution in [0, 0.1) is 5.92 Å². The smallest absolute Gasteiger partial charge is 0.302 e. The molecule has 0 spiro atoms. The molecule has 1 saturated carbocycles. The highest BCUT2D eigenvalue weighted by molar-refractivity contribution is 6.30. The van der Waals surface area contributed by atoms with Crippen molar-refractivity contribution in [3.63, 3.8) is 0 Å². The van der Waals surface area contributed by atoms with Gasteiger partial charge in [-0.3, -0.25) is 10.1 Å². The minimum Gasteiger partial charge on any atom is -0.423 e. The van der Waals surface area contributed by atoms with Crippen LogP contribution in [0.5, 0.6) is 0 Å². The molecule has 2 aromatic carbocycles. The van der Waals surface area contributed by atoms with Crippen molar-refractivity contribution in [2.45, 2.75) is 25.3 Å². The number of hydrogen-bond acceptors (Lipinski definition) is 6. The Morgan fingerprint density at radius 2 is 1.89 bits per heavy atom. The summed E-state index contributed by atoms with van der Waals surface area (Å²) in [6.45, 7) is 0. The molecule has 5 rings (SSSR count). The van der Waals surface area contributed by atoms with Gasteiger partial charge in [-0.25, -0.2) is 9.98 Å². The maximum atomic E-state index is 12.6. The number of carbonyl (C=O) groups is 1. The van der Waals surface area contributed by atoms with Gasteiger partial charge in [-0.2, -0.15) is 4.98 Å². The molecule has 1 aromatic heterocycles. The van der Waals surface area contributed by atoms with Crippen molar-refractivity contribution in [1.82, 2.24) is 4.98 Å². The summed E-state index contributed by atoms with van der Waals surface area (Å²) in [6.07, 6.45) is 2.17.